The Balaban J connectivity index is 1.83. The fourth-order valence-corrected chi connectivity index (χ4v) is 5.86. The van der Waals surface area contributed by atoms with Crippen LogP contribution in [0.15, 0.2) is 52.3 Å². The maximum atomic E-state index is 13.0. The second kappa shape index (κ2) is 9.80. The van der Waals surface area contributed by atoms with Crippen LogP contribution in [0.2, 0.25) is 0 Å². The van der Waals surface area contributed by atoms with Crippen LogP contribution in [0.4, 0.5) is 5.69 Å². The minimum Gasteiger partial charge on any atom is -0.494 e. The van der Waals surface area contributed by atoms with Crippen LogP contribution in [0.3, 0.4) is 0 Å². The molecule has 3 rings (SSSR count). The average molecular weight is 451 g/mol. The quantitative estimate of drug-likeness (QED) is 0.329. The van der Waals surface area contributed by atoms with Crippen molar-refractivity contribution in [2.45, 2.75) is 42.2 Å². The second-order valence-electron chi connectivity index (χ2n) is 7.30. The Kier molecular flexibility index (Phi) is 7.38. The van der Waals surface area contributed by atoms with E-state index in [0.717, 1.165) is 24.2 Å². The number of hydrogen-bond acceptors (Lipinski definition) is 6. The van der Waals surface area contributed by atoms with Gasteiger partial charge in [0.2, 0.25) is 10.0 Å². The summed E-state index contributed by atoms with van der Waals surface area (Å²) in [5.74, 6) is 1.71. The van der Waals surface area contributed by atoms with E-state index in [1.54, 1.807) is 0 Å². The van der Waals surface area contributed by atoms with Gasteiger partial charge in [0.15, 0.2) is 0 Å². The Morgan fingerprint density at radius 2 is 1.90 bits per heavy atom. The third-order valence-corrected chi connectivity index (χ3v) is 8.17. The number of nitrogens with zero attached hydrogens (tertiary/aromatic N) is 2. The molecule has 9 heteroatoms. The summed E-state index contributed by atoms with van der Waals surface area (Å²) >= 11 is 1.29. The Morgan fingerprint density at radius 1 is 1.20 bits per heavy atom. The van der Waals surface area contributed by atoms with Crippen LogP contribution in [0, 0.1) is 16.0 Å². The monoisotopic (exact) mass is 450 g/mol. The van der Waals surface area contributed by atoms with Gasteiger partial charge < -0.3 is 4.74 Å². The molecular formula is C21H26N2O5S2. The molecular weight excluding hydrogens is 424 g/mol. The maximum absolute atomic E-state index is 13.0. The van der Waals surface area contributed by atoms with Crippen LogP contribution in [0.25, 0.3) is 0 Å². The van der Waals surface area contributed by atoms with Gasteiger partial charge in [-0.2, -0.15) is 4.31 Å². The van der Waals surface area contributed by atoms with Crippen LogP contribution < -0.4 is 4.74 Å². The number of rotatable bonds is 8. The largest absolute Gasteiger partial charge is 0.494 e. The zero-order valence-corrected chi connectivity index (χ0v) is 18.7. The number of nitro benzene ring substituents is 1. The first-order valence-electron chi connectivity index (χ1n) is 9.95. The van der Waals surface area contributed by atoms with Crippen molar-refractivity contribution in [3.05, 3.63) is 58.1 Å². The van der Waals surface area contributed by atoms with E-state index in [1.807, 2.05) is 31.2 Å². The van der Waals surface area contributed by atoms with Gasteiger partial charge in [-0.15, -0.1) is 11.8 Å². The number of benzene rings is 2. The summed E-state index contributed by atoms with van der Waals surface area (Å²) in [5.41, 5.74) is 0.734. The van der Waals surface area contributed by atoms with E-state index >= 15 is 0 Å². The van der Waals surface area contributed by atoms with E-state index < -0.39 is 14.9 Å². The third-order valence-electron chi connectivity index (χ3n) is 5.16. The zero-order valence-electron chi connectivity index (χ0n) is 17.1. The minimum absolute atomic E-state index is 0.0252. The molecule has 2 aromatic rings. The number of hydrogen-bond donors (Lipinski definition) is 0. The molecule has 0 aromatic heterocycles. The second-order valence-corrected chi connectivity index (χ2v) is 10.3. The summed E-state index contributed by atoms with van der Waals surface area (Å²) in [5, 5.41) is 11.7. The smallest absolute Gasteiger partial charge is 0.284 e. The first kappa shape index (κ1) is 22.6. The lowest BCUT2D eigenvalue weighted by molar-refractivity contribution is -0.388. The first-order chi connectivity index (χ1) is 14.3. The number of para-hydroxylation sites is 1. The van der Waals surface area contributed by atoms with E-state index in [4.69, 9.17) is 4.74 Å². The van der Waals surface area contributed by atoms with Crippen molar-refractivity contribution in [3.8, 4) is 5.75 Å². The van der Waals surface area contributed by atoms with E-state index in [2.05, 4.69) is 6.92 Å². The highest BCUT2D eigenvalue weighted by atomic mass is 32.2. The van der Waals surface area contributed by atoms with Gasteiger partial charge in [0.05, 0.1) is 21.3 Å². The Labute approximate surface area is 181 Å². The molecule has 0 unspecified atom stereocenters. The average Bonchev–Trinajstić information content (AvgIpc) is 2.73. The van der Waals surface area contributed by atoms with Crippen molar-refractivity contribution in [1.82, 2.24) is 4.31 Å². The van der Waals surface area contributed by atoms with Gasteiger partial charge in [-0.05, 0) is 43.9 Å². The lowest BCUT2D eigenvalue weighted by Gasteiger charge is -2.29. The summed E-state index contributed by atoms with van der Waals surface area (Å²) in [6, 6.07) is 11.7. The standard InChI is InChI=1S/C21H26N2O5S2/c1-3-28-20-7-5-4-6-17(20)15-29-21-9-8-18(14-19(21)23(24)25)30(26,27)22-12-10-16(2)11-13-22/h4-9,14,16H,3,10-13,15H2,1-2H3. The van der Waals surface area contributed by atoms with Crippen molar-refractivity contribution in [2.75, 3.05) is 19.7 Å². The Hall–Kier alpha value is -2.10. The molecule has 30 heavy (non-hydrogen) atoms. The topological polar surface area (TPSA) is 89.8 Å². The molecule has 0 spiro atoms. The number of piperidine rings is 1. The summed E-state index contributed by atoms with van der Waals surface area (Å²) in [7, 11) is -3.74. The molecule has 7 nitrogen and oxygen atoms in total. The molecule has 162 valence electrons. The highest BCUT2D eigenvalue weighted by Crippen LogP contribution is 2.36. The van der Waals surface area contributed by atoms with Crippen molar-refractivity contribution in [3.63, 3.8) is 0 Å². The van der Waals surface area contributed by atoms with Gasteiger partial charge in [0, 0.05) is 30.5 Å². The molecule has 0 aliphatic carbocycles. The SMILES string of the molecule is CCOc1ccccc1CSc1ccc(S(=O)(=O)N2CCC(C)CC2)cc1[N+](=O)[O-]. The molecule has 1 fully saturated rings. The van der Waals surface area contributed by atoms with E-state index in [9.17, 15) is 18.5 Å². The molecule has 0 saturated carbocycles. The Bertz CT molecular complexity index is 1000. The van der Waals surface area contributed by atoms with Crippen LogP contribution >= 0.6 is 11.8 Å². The third kappa shape index (κ3) is 5.14. The number of thioether (sulfide) groups is 1. The molecule has 1 aliphatic heterocycles. The minimum atomic E-state index is -3.74. The molecule has 2 aromatic carbocycles. The highest BCUT2D eigenvalue weighted by Gasteiger charge is 2.30. The van der Waals surface area contributed by atoms with Gasteiger partial charge in [-0.3, -0.25) is 10.1 Å². The number of ether oxygens (including phenoxy) is 1. The van der Waals surface area contributed by atoms with Crippen LogP contribution in [-0.2, 0) is 15.8 Å². The molecule has 1 saturated heterocycles. The fourth-order valence-electron chi connectivity index (χ4n) is 3.37. The molecule has 1 aliphatic rings. The summed E-state index contributed by atoms with van der Waals surface area (Å²) in [4.78, 5) is 11.5. The first-order valence-corrected chi connectivity index (χ1v) is 12.4. The lowest BCUT2D eigenvalue weighted by atomic mass is 10.0. The Morgan fingerprint density at radius 3 is 2.57 bits per heavy atom. The summed E-state index contributed by atoms with van der Waals surface area (Å²) < 4.78 is 32.9. The zero-order chi connectivity index (χ0) is 21.7. The van der Waals surface area contributed by atoms with Crippen LogP contribution in [0.1, 0.15) is 32.3 Å². The van der Waals surface area contributed by atoms with Crippen molar-refractivity contribution >= 4 is 27.5 Å². The predicted molar refractivity (Wildman–Crippen MR) is 117 cm³/mol. The predicted octanol–water partition coefficient (Wildman–Crippen LogP) is 4.71. The van der Waals surface area contributed by atoms with Gasteiger partial charge >= 0.3 is 0 Å². The van der Waals surface area contributed by atoms with Crippen LogP contribution in [0.5, 0.6) is 5.75 Å². The normalized spacial score (nSPS) is 15.8. The van der Waals surface area contributed by atoms with E-state index in [0.29, 0.717) is 36.3 Å². The molecule has 0 bridgehead atoms. The summed E-state index contributed by atoms with van der Waals surface area (Å²) in [6.07, 6.45) is 1.60. The van der Waals surface area contributed by atoms with Gasteiger partial charge in [-0.25, -0.2) is 8.42 Å². The number of sulfonamides is 1. The molecule has 0 amide bonds. The van der Waals surface area contributed by atoms with E-state index in [-0.39, 0.29) is 10.6 Å². The lowest BCUT2D eigenvalue weighted by Crippen LogP contribution is -2.37. The summed E-state index contributed by atoms with van der Waals surface area (Å²) in [6.45, 7) is 5.43. The maximum Gasteiger partial charge on any atom is 0.284 e. The van der Waals surface area contributed by atoms with Crippen molar-refractivity contribution < 1.29 is 18.1 Å². The fraction of sp³-hybridized carbons (Fsp3) is 0.429. The molecule has 0 N–H and O–H groups in total. The van der Waals surface area contributed by atoms with E-state index in [1.165, 1.54) is 34.3 Å². The van der Waals surface area contributed by atoms with Gasteiger partial charge in [0.25, 0.3) is 5.69 Å². The molecule has 0 radical (unpaired) electrons. The highest BCUT2D eigenvalue weighted by molar-refractivity contribution is 7.98. The molecule has 1 heterocycles. The van der Waals surface area contributed by atoms with Gasteiger partial charge in [0.1, 0.15) is 5.75 Å². The number of nitro groups is 1. The van der Waals surface area contributed by atoms with Crippen molar-refractivity contribution in [2.24, 2.45) is 5.92 Å². The van der Waals surface area contributed by atoms with Crippen molar-refractivity contribution in [1.29, 1.82) is 0 Å². The van der Waals surface area contributed by atoms with Gasteiger partial charge in [-0.1, -0.05) is 25.1 Å². The molecule has 0 atom stereocenters. The van der Waals surface area contributed by atoms with Crippen LogP contribution in [-0.4, -0.2) is 37.3 Å².